The topological polar surface area (TPSA) is 38.7 Å². The van der Waals surface area contributed by atoms with Gasteiger partial charge in [-0.2, -0.15) is 0 Å². The molecule has 0 fully saturated rings. The van der Waals surface area contributed by atoms with Crippen molar-refractivity contribution in [3.05, 3.63) is 96.1 Å². The largest absolute Gasteiger partial charge is 0.391 e. The van der Waals surface area contributed by atoms with Gasteiger partial charge >= 0.3 is 0 Å². The fraction of sp³-hybridized carbons (Fsp3) is 0.259. The van der Waals surface area contributed by atoms with Crippen LogP contribution >= 0.6 is 11.8 Å². The van der Waals surface area contributed by atoms with E-state index in [9.17, 15) is 4.79 Å². The van der Waals surface area contributed by atoms with Crippen molar-refractivity contribution in [1.82, 2.24) is 0 Å². The number of benzene rings is 3. The zero-order chi connectivity index (χ0) is 21.7. The Morgan fingerprint density at radius 1 is 0.806 bits per heavy atom. The number of oxime groups is 1. The van der Waals surface area contributed by atoms with Crippen LogP contribution in [0.25, 0.3) is 0 Å². The normalized spacial score (nSPS) is 11.3. The van der Waals surface area contributed by atoms with Crippen LogP contribution < -0.4 is 0 Å². The second-order valence-electron chi connectivity index (χ2n) is 7.38. The van der Waals surface area contributed by atoms with E-state index in [1.807, 2.05) is 72.8 Å². The molecule has 0 unspecified atom stereocenters. The average Bonchev–Trinajstić information content (AvgIpc) is 2.82. The minimum Gasteiger partial charge on any atom is -0.391 e. The summed E-state index contributed by atoms with van der Waals surface area (Å²) in [6.45, 7) is 2.54. The third kappa shape index (κ3) is 7.72. The number of rotatable bonds is 12. The van der Waals surface area contributed by atoms with Gasteiger partial charge in [-0.05, 0) is 54.8 Å². The van der Waals surface area contributed by atoms with Crippen molar-refractivity contribution in [2.45, 2.75) is 55.4 Å². The molecule has 3 rings (SSSR count). The van der Waals surface area contributed by atoms with Crippen molar-refractivity contribution in [2.24, 2.45) is 5.16 Å². The maximum absolute atomic E-state index is 13.1. The quantitative estimate of drug-likeness (QED) is 0.128. The molecule has 160 valence electrons. The van der Waals surface area contributed by atoms with E-state index in [0.29, 0.717) is 24.3 Å². The molecule has 0 spiro atoms. The van der Waals surface area contributed by atoms with Gasteiger partial charge in [0.15, 0.2) is 0 Å². The number of carbonyl (C=O) groups is 1. The van der Waals surface area contributed by atoms with Crippen molar-refractivity contribution in [3.8, 4) is 0 Å². The summed E-state index contributed by atoms with van der Waals surface area (Å²) in [7, 11) is 0. The Balaban J connectivity index is 1.66. The number of nitrogens with zero attached hydrogens (tertiary/aromatic N) is 1. The van der Waals surface area contributed by atoms with E-state index < -0.39 is 0 Å². The molecule has 3 aromatic rings. The molecule has 0 aliphatic heterocycles. The number of hydrogen-bond acceptors (Lipinski definition) is 4. The molecule has 3 nitrogen and oxygen atoms in total. The summed E-state index contributed by atoms with van der Waals surface area (Å²) in [5.41, 5.74) is 2.18. The molecule has 0 heterocycles. The van der Waals surface area contributed by atoms with Gasteiger partial charge < -0.3 is 4.84 Å². The first-order valence-electron chi connectivity index (χ1n) is 10.9. The number of Topliss-reactive ketones (excluding diaryl/α,β-unsaturated/α-hetero) is 1. The Bertz CT molecular complexity index is 954. The number of carbonyl (C=O) groups excluding carboxylic acids is 1. The van der Waals surface area contributed by atoms with E-state index in [4.69, 9.17) is 4.84 Å². The summed E-state index contributed by atoms with van der Waals surface area (Å²) in [6, 6.07) is 27.8. The van der Waals surface area contributed by atoms with Crippen LogP contribution in [0.15, 0.2) is 99.9 Å². The van der Waals surface area contributed by atoms with Crippen LogP contribution in [-0.4, -0.2) is 11.5 Å². The summed E-state index contributed by atoms with van der Waals surface area (Å²) in [5, 5.41) is 4.25. The van der Waals surface area contributed by atoms with Crippen LogP contribution in [-0.2, 0) is 11.4 Å². The maximum atomic E-state index is 13.1. The zero-order valence-electron chi connectivity index (χ0n) is 18.0. The monoisotopic (exact) mass is 431 g/mol. The highest BCUT2D eigenvalue weighted by atomic mass is 32.2. The molecular formula is C27H29NO2S. The van der Waals surface area contributed by atoms with E-state index >= 15 is 0 Å². The Labute approximate surface area is 189 Å². The summed E-state index contributed by atoms with van der Waals surface area (Å²) in [4.78, 5) is 20.9. The van der Waals surface area contributed by atoms with Gasteiger partial charge in [-0.15, -0.1) is 0 Å². The zero-order valence-corrected chi connectivity index (χ0v) is 18.8. The van der Waals surface area contributed by atoms with Gasteiger partial charge in [0, 0.05) is 15.4 Å². The lowest BCUT2D eigenvalue weighted by Crippen LogP contribution is -2.15. The summed E-state index contributed by atoms with van der Waals surface area (Å²) < 4.78 is 0. The summed E-state index contributed by atoms with van der Waals surface area (Å²) >= 11 is 1.68. The Hall–Kier alpha value is -2.85. The molecular weight excluding hydrogens is 402 g/mol. The van der Waals surface area contributed by atoms with E-state index in [-0.39, 0.29) is 5.78 Å². The Morgan fingerprint density at radius 3 is 2.13 bits per heavy atom. The van der Waals surface area contributed by atoms with E-state index in [2.05, 4.69) is 24.2 Å². The van der Waals surface area contributed by atoms with Gasteiger partial charge in [-0.25, -0.2) is 0 Å². The first kappa shape index (κ1) is 22.8. The van der Waals surface area contributed by atoms with Gasteiger partial charge in [-0.3, -0.25) is 4.79 Å². The predicted molar refractivity (Wildman–Crippen MR) is 129 cm³/mol. The molecule has 4 heteroatoms. The molecule has 0 aliphatic rings. The third-order valence-corrected chi connectivity index (χ3v) is 5.89. The molecule has 0 radical (unpaired) electrons. The van der Waals surface area contributed by atoms with Crippen molar-refractivity contribution >= 4 is 23.3 Å². The van der Waals surface area contributed by atoms with E-state index in [0.717, 1.165) is 36.1 Å². The first-order valence-corrected chi connectivity index (χ1v) is 11.7. The van der Waals surface area contributed by atoms with Crippen molar-refractivity contribution in [1.29, 1.82) is 0 Å². The number of unbranched alkanes of at least 4 members (excludes halogenated alkanes) is 3. The molecule has 0 N–H and O–H groups in total. The van der Waals surface area contributed by atoms with Crippen LogP contribution in [0.2, 0.25) is 0 Å². The van der Waals surface area contributed by atoms with Gasteiger partial charge in [0.1, 0.15) is 12.3 Å². The molecule has 0 bridgehead atoms. The van der Waals surface area contributed by atoms with Crippen molar-refractivity contribution in [3.63, 3.8) is 0 Å². The summed E-state index contributed by atoms with van der Waals surface area (Å²) in [5.74, 6) is -0.0548. The minimum absolute atomic E-state index is 0.0548. The van der Waals surface area contributed by atoms with Crippen LogP contribution in [0.5, 0.6) is 0 Å². The lowest BCUT2D eigenvalue weighted by molar-refractivity contribution is 0.103. The van der Waals surface area contributed by atoms with Gasteiger partial charge in [-0.1, -0.05) is 91.6 Å². The van der Waals surface area contributed by atoms with Crippen molar-refractivity contribution in [2.75, 3.05) is 0 Å². The lowest BCUT2D eigenvalue weighted by atomic mass is 10.0. The highest BCUT2D eigenvalue weighted by molar-refractivity contribution is 7.99. The molecule has 0 saturated carbocycles. The van der Waals surface area contributed by atoms with Crippen LogP contribution in [0, 0.1) is 0 Å². The average molecular weight is 432 g/mol. The second kappa shape index (κ2) is 12.8. The summed E-state index contributed by atoms with van der Waals surface area (Å²) in [6.07, 6.45) is 4.99. The highest BCUT2D eigenvalue weighted by Gasteiger charge is 2.15. The molecule has 0 atom stereocenters. The van der Waals surface area contributed by atoms with Gasteiger partial charge in [0.05, 0.1) is 0 Å². The third-order valence-electron chi connectivity index (χ3n) is 4.87. The fourth-order valence-electron chi connectivity index (χ4n) is 3.14. The molecule has 3 aromatic carbocycles. The molecule has 0 aromatic heterocycles. The predicted octanol–water partition coefficient (Wildman–Crippen LogP) is 7.56. The minimum atomic E-state index is -0.0548. The lowest BCUT2D eigenvalue weighted by Gasteiger charge is -2.08. The second-order valence-corrected chi connectivity index (χ2v) is 8.52. The van der Waals surface area contributed by atoms with Crippen LogP contribution in [0.3, 0.4) is 0 Å². The fourth-order valence-corrected chi connectivity index (χ4v) is 3.98. The molecule has 0 amide bonds. The Kier molecular flexibility index (Phi) is 9.39. The van der Waals surface area contributed by atoms with Crippen LogP contribution in [0.4, 0.5) is 0 Å². The molecule has 31 heavy (non-hydrogen) atoms. The highest BCUT2D eigenvalue weighted by Crippen LogP contribution is 2.27. The molecule has 0 aliphatic carbocycles. The standard InChI is InChI=1S/C27H29NO2S/c1-2-3-4-11-16-26(28-30-21-22-12-7-5-8-13-22)27(29)23-17-19-25(20-18-23)31-24-14-9-6-10-15-24/h5-10,12-15,17-20H,2-4,11,16,21H2,1H3. The van der Waals surface area contributed by atoms with Gasteiger partial charge in [0.25, 0.3) is 0 Å². The van der Waals surface area contributed by atoms with E-state index in [1.54, 1.807) is 11.8 Å². The van der Waals surface area contributed by atoms with Crippen molar-refractivity contribution < 1.29 is 9.63 Å². The Morgan fingerprint density at radius 2 is 1.45 bits per heavy atom. The van der Waals surface area contributed by atoms with Crippen LogP contribution in [0.1, 0.15) is 54.9 Å². The maximum Gasteiger partial charge on any atom is 0.210 e. The number of hydrogen-bond donors (Lipinski definition) is 0. The van der Waals surface area contributed by atoms with E-state index in [1.165, 1.54) is 4.90 Å². The SMILES string of the molecule is CCCCCCC(=NOCc1ccccc1)C(=O)c1ccc(Sc2ccccc2)cc1. The molecule has 0 saturated heterocycles. The first-order chi connectivity index (χ1) is 15.3. The van der Waals surface area contributed by atoms with Gasteiger partial charge in [0.2, 0.25) is 5.78 Å². The number of ketones is 1. The smallest absolute Gasteiger partial charge is 0.210 e.